The zero-order valence-electron chi connectivity index (χ0n) is 8.18. The first-order valence-corrected chi connectivity index (χ1v) is 5.67. The Hall–Kier alpha value is -1.13. The third-order valence-electron chi connectivity index (χ3n) is 2.06. The molecule has 0 aliphatic carbocycles. The molecule has 0 atom stereocenters. The van der Waals surface area contributed by atoms with Crippen LogP contribution >= 0.6 is 12.0 Å². The average molecular weight is 221 g/mol. The highest BCUT2D eigenvalue weighted by Crippen LogP contribution is 2.13. The summed E-state index contributed by atoms with van der Waals surface area (Å²) < 4.78 is 5.11. The lowest BCUT2D eigenvalue weighted by atomic mass is 10.2. The molecule has 0 aromatic heterocycles. The first-order chi connectivity index (χ1) is 7.36. The first-order valence-electron chi connectivity index (χ1n) is 4.76. The van der Waals surface area contributed by atoms with Crippen molar-refractivity contribution in [1.82, 2.24) is 0 Å². The van der Waals surface area contributed by atoms with Gasteiger partial charge in [-0.2, -0.15) is 0 Å². The summed E-state index contributed by atoms with van der Waals surface area (Å²) in [7, 11) is 0. The van der Waals surface area contributed by atoms with Gasteiger partial charge in [0, 0.05) is 17.7 Å². The maximum Gasteiger partial charge on any atom is 0.276 e. The van der Waals surface area contributed by atoms with Gasteiger partial charge < -0.3 is 4.18 Å². The van der Waals surface area contributed by atoms with E-state index < -0.39 is 0 Å². The van der Waals surface area contributed by atoms with Crippen LogP contribution in [0.15, 0.2) is 35.3 Å². The molecule has 78 valence electrons. The van der Waals surface area contributed by atoms with Crippen LogP contribution in [-0.4, -0.2) is 24.0 Å². The summed E-state index contributed by atoms with van der Waals surface area (Å²) in [6.07, 6.45) is 0.756. The second-order valence-electron chi connectivity index (χ2n) is 3.18. The third kappa shape index (κ3) is 2.91. The predicted molar refractivity (Wildman–Crippen MR) is 61.2 cm³/mol. The molecule has 0 radical (unpaired) electrons. The molecule has 0 unspecified atom stereocenters. The Morgan fingerprint density at radius 3 is 2.80 bits per heavy atom. The number of carbonyl (C=O) groups is 1. The van der Waals surface area contributed by atoms with E-state index in [-0.39, 0.29) is 5.91 Å². The predicted octanol–water partition coefficient (Wildman–Crippen LogP) is 2.34. The van der Waals surface area contributed by atoms with Crippen molar-refractivity contribution in [2.75, 3.05) is 12.4 Å². The van der Waals surface area contributed by atoms with Crippen molar-refractivity contribution >= 4 is 23.7 Å². The molecule has 1 amide bonds. The van der Waals surface area contributed by atoms with E-state index in [4.69, 9.17) is 4.18 Å². The summed E-state index contributed by atoms with van der Waals surface area (Å²) in [5, 5.41) is 0. The second-order valence-corrected chi connectivity index (χ2v) is 3.94. The van der Waals surface area contributed by atoms with Gasteiger partial charge in [0.15, 0.2) is 0 Å². The van der Waals surface area contributed by atoms with Gasteiger partial charge in [0.2, 0.25) is 0 Å². The summed E-state index contributed by atoms with van der Waals surface area (Å²) in [5.74, 6) is 0.534. The number of rotatable bonds is 1. The van der Waals surface area contributed by atoms with E-state index in [0.29, 0.717) is 17.9 Å². The molecule has 1 saturated heterocycles. The van der Waals surface area contributed by atoms with Crippen molar-refractivity contribution in [3.63, 3.8) is 0 Å². The van der Waals surface area contributed by atoms with Gasteiger partial charge in [-0.15, -0.1) is 0 Å². The number of hydrogen-bond acceptors (Lipinski definition) is 3. The fourth-order valence-corrected chi connectivity index (χ4v) is 1.91. The second kappa shape index (κ2) is 5.09. The quantitative estimate of drug-likeness (QED) is 0.683. The fraction of sp³-hybridized carbons (Fsp3) is 0.273. The summed E-state index contributed by atoms with van der Waals surface area (Å²) in [6, 6.07) is 9.12. The molecule has 15 heavy (non-hydrogen) atoms. The monoisotopic (exact) mass is 221 g/mol. The van der Waals surface area contributed by atoms with Gasteiger partial charge in [-0.1, -0.05) is 18.2 Å². The van der Waals surface area contributed by atoms with Crippen molar-refractivity contribution in [2.24, 2.45) is 4.99 Å². The van der Waals surface area contributed by atoms with Crippen LogP contribution in [0.3, 0.4) is 0 Å². The molecule has 1 fully saturated rings. The number of hydrogen-bond donors (Lipinski definition) is 0. The van der Waals surface area contributed by atoms with Gasteiger partial charge in [-0.05, 0) is 24.2 Å². The Labute approximate surface area is 92.8 Å². The fourth-order valence-electron chi connectivity index (χ4n) is 1.28. The van der Waals surface area contributed by atoms with E-state index in [9.17, 15) is 4.79 Å². The van der Waals surface area contributed by atoms with Gasteiger partial charge >= 0.3 is 0 Å². The van der Waals surface area contributed by atoms with Crippen LogP contribution in [0.25, 0.3) is 0 Å². The van der Waals surface area contributed by atoms with Crippen LogP contribution < -0.4 is 0 Å². The minimum absolute atomic E-state index is 0.159. The van der Waals surface area contributed by atoms with Crippen LogP contribution in [0, 0.1) is 0 Å². The van der Waals surface area contributed by atoms with E-state index in [1.54, 1.807) is 12.1 Å². The maximum atomic E-state index is 11.7. The lowest BCUT2D eigenvalue weighted by Gasteiger charge is -2.11. The van der Waals surface area contributed by atoms with Gasteiger partial charge in [0.05, 0.1) is 12.4 Å². The van der Waals surface area contributed by atoms with Crippen LogP contribution in [0.5, 0.6) is 0 Å². The van der Waals surface area contributed by atoms with Crippen LogP contribution in [-0.2, 0) is 4.18 Å². The standard InChI is InChI=1S/C11H11NO2S/c13-11(9-4-2-1-3-5-9)12-10-6-7-14-15-8-10/h1-5H,6-8H2. The lowest BCUT2D eigenvalue weighted by molar-refractivity contribution is 0.100. The zero-order valence-corrected chi connectivity index (χ0v) is 9.00. The number of nitrogens with zero attached hydrogens (tertiary/aromatic N) is 1. The van der Waals surface area contributed by atoms with Crippen LogP contribution in [0.1, 0.15) is 16.8 Å². The average Bonchev–Trinajstić information content (AvgIpc) is 2.31. The maximum absolute atomic E-state index is 11.7. The Bertz CT molecular complexity index is 367. The largest absolute Gasteiger partial charge is 0.315 e. The van der Waals surface area contributed by atoms with E-state index in [2.05, 4.69) is 4.99 Å². The summed E-state index contributed by atoms with van der Waals surface area (Å²) in [5.41, 5.74) is 1.56. The van der Waals surface area contributed by atoms with Crippen molar-refractivity contribution in [2.45, 2.75) is 6.42 Å². The van der Waals surface area contributed by atoms with Crippen molar-refractivity contribution in [3.8, 4) is 0 Å². The van der Waals surface area contributed by atoms with E-state index in [0.717, 1.165) is 12.1 Å². The normalized spacial score (nSPS) is 19.1. The Morgan fingerprint density at radius 2 is 2.13 bits per heavy atom. The van der Waals surface area contributed by atoms with Gasteiger partial charge in [-0.25, -0.2) is 4.99 Å². The molecule has 3 nitrogen and oxygen atoms in total. The van der Waals surface area contributed by atoms with Crippen LogP contribution in [0.2, 0.25) is 0 Å². The van der Waals surface area contributed by atoms with Gasteiger partial charge in [-0.3, -0.25) is 4.79 Å². The molecular formula is C11H11NO2S. The molecule has 1 heterocycles. The highest BCUT2D eigenvalue weighted by molar-refractivity contribution is 7.95. The lowest BCUT2D eigenvalue weighted by Crippen LogP contribution is -2.14. The molecule has 0 saturated carbocycles. The molecule has 0 bridgehead atoms. The van der Waals surface area contributed by atoms with Crippen molar-refractivity contribution in [1.29, 1.82) is 0 Å². The molecule has 1 aliphatic rings. The highest BCUT2D eigenvalue weighted by Gasteiger charge is 2.10. The third-order valence-corrected chi connectivity index (χ3v) is 2.85. The topological polar surface area (TPSA) is 38.7 Å². The summed E-state index contributed by atoms with van der Waals surface area (Å²) >= 11 is 1.36. The van der Waals surface area contributed by atoms with Crippen LogP contribution in [0.4, 0.5) is 0 Å². The first kappa shape index (κ1) is 10.4. The Morgan fingerprint density at radius 1 is 1.33 bits per heavy atom. The van der Waals surface area contributed by atoms with Crippen molar-refractivity contribution in [3.05, 3.63) is 35.9 Å². The number of amides is 1. The van der Waals surface area contributed by atoms with Gasteiger partial charge in [0.1, 0.15) is 0 Å². The molecule has 4 heteroatoms. The zero-order chi connectivity index (χ0) is 10.5. The molecule has 1 aliphatic heterocycles. The minimum atomic E-state index is -0.159. The van der Waals surface area contributed by atoms with E-state index in [1.165, 1.54) is 12.0 Å². The van der Waals surface area contributed by atoms with Crippen molar-refractivity contribution < 1.29 is 8.98 Å². The molecular weight excluding hydrogens is 210 g/mol. The van der Waals surface area contributed by atoms with E-state index in [1.807, 2.05) is 18.2 Å². The Balaban J connectivity index is 2.08. The highest BCUT2D eigenvalue weighted by atomic mass is 32.2. The molecule has 0 spiro atoms. The minimum Gasteiger partial charge on any atom is -0.315 e. The molecule has 1 aromatic carbocycles. The smallest absolute Gasteiger partial charge is 0.276 e. The SMILES string of the molecule is O=C(N=C1CCOSC1)c1ccccc1. The Kier molecular flexibility index (Phi) is 3.53. The number of aliphatic imine (C=N–C) groups is 1. The van der Waals surface area contributed by atoms with Gasteiger partial charge in [0.25, 0.3) is 5.91 Å². The molecule has 1 aromatic rings. The summed E-state index contributed by atoms with van der Waals surface area (Å²) in [6.45, 7) is 0.644. The number of benzene rings is 1. The van der Waals surface area contributed by atoms with E-state index >= 15 is 0 Å². The summed E-state index contributed by atoms with van der Waals surface area (Å²) in [4.78, 5) is 15.8. The number of carbonyl (C=O) groups excluding carboxylic acids is 1. The molecule has 0 N–H and O–H groups in total. The molecule has 2 rings (SSSR count).